The molecular formula is C11H13O2. The minimum Gasteiger partial charge on any atom is -0.490 e. The molecule has 1 aromatic carbocycles. The molecule has 0 fully saturated rings. The van der Waals surface area contributed by atoms with Gasteiger partial charge >= 0.3 is 0 Å². The van der Waals surface area contributed by atoms with Crippen molar-refractivity contribution in [3.8, 4) is 11.5 Å². The van der Waals surface area contributed by atoms with Gasteiger partial charge in [-0.2, -0.15) is 0 Å². The molecule has 1 radical (unpaired) electrons. The van der Waals surface area contributed by atoms with Crippen LogP contribution in [0.25, 0.3) is 0 Å². The predicted molar refractivity (Wildman–Crippen MR) is 51.1 cm³/mol. The van der Waals surface area contributed by atoms with Gasteiger partial charge in [0.1, 0.15) is 0 Å². The summed E-state index contributed by atoms with van der Waals surface area (Å²) in [6.07, 6.45) is 1.74. The van der Waals surface area contributed by atoms with Crippen LogP contribution in [0.5, 0.6) is 11.5 Å². The molecule has 0 unspecified atom stereocenters. The van der Waals surface area contributed by atoms with Crippen molar-refractivity contribution < 1.29 is 9.47 Å². The van der Waals surface area contributed by atoms with Crippen LogP contribution in [0, 0.1) is 6.92 Å². The Hall–Kier alpha value is -1.18. The molecule has 1 aliphatic heterocycles. The van der Waals surface area contributed by atoms with Crippen LogP contribution in [0.2, 0.25) is 0 Å². The zero-order valence-electron chi connectivity index (χ0n) is 7.58. The van der Waals surface area contributed by atoms with Crippen LogP contribution in [-0.4, -0.2) is 13.2 Å². The number of fused-ring (bicyclic) bond motifs is 1. The van der Waals surface area contributed by atoms with Gasteiger partial charge in [0.2, 0.25) is 0 Å². The highest BCUT2D eigenvalue weighted by molar-refractivity contribution is 5.43. The van der Waals surface area contributed by atoms with Crippen LogP contribution < -0.4 is 9.47 Å². The van der Waals surface area contributed by atoms with E-state index in [0.717, 1.165) is 37.6 Å². The number of ether oxygens (including phenoxy) is 2. The zero-order valence-corrected chi connectivity index (χ0v) is 7.58. The molecule has 1 aromatic rings. The lowest BCUT2D eigenvalue weighted by atomic mass is 10.1. The van der Waals surface area contributed by atoms with Gasteiger partial charge in [0.25, 0.3) is 0 Å². The first-order valence-corrected chi connectivity index (χ1v) is 4.58. The Balaban J connectivity index is 2.32. The summed E-state index contributed by atoms with van der Waals surface area (Å²) in [4.78, 5) is 0. The number of hydrogen-bond donors (Lipinski definition) is 0. The van der Waals surface area contributed by atoms with E-state index in [-0.39, 0.29) is 0 Å². The molecular weight excluding hydrogens is 164 g/mol. The lowest BCUT2D eigenvalue weighted by Gasteiger charge is -2.07. The average molecular weight is 177 g/mol. The van der Waals surface area contributed by atoms with E-state index in [0.29, 0.717) is 0 Å². The van der Waals surface area contributed by atoms with Gasteiger partial charge in [-0.25, -0.2) is 0 Å². The van der Waals surface area contributed by atoms with Crippen LogP contribution >= 0.6 is 0 Å². The molecule has 0 amide bonds. The molecule has 0 saturated heterocycles. The lowest BCUT2D eigenvalue weighted by molar-refractivity contribution is 0.297. The Bertz CT molecular complexity index is 294. The van der Waals surface area contributed by atoms with Crippen LogP contribution in [0.1, 0.15) is 12.0 Å². The summed E-state index contributed by atoms with van der Waals surface area (Å²) in [5.41, 5.74) is 1.18. The molecule has 0 N–H and O–H groups in total. The number of benzene rings is 1. The molecule has 0 atom stereocenters. The minimum atomic E-state index is 0.744. The summed E-state index contributed by atoms with van der Waals surface area (Å²) < 4.78 is 11.0. The largest absolute Gasteiger partial charge is 0.490 e. The van der Waals surface area contributed by atoms with Crippen molar-refractivity contribution in [3.05, 3.63) is 30.7 Å². The summed E-state index contributed by atoms with van der Waals surface area (Å²) in [6, 6.07) is 6.00. The molecule has 2 nitrogen and oxygen atoms in total. The van der Waals surface area contributed by atoms with Crippen molar-refractivity contribution in [2.75, 3.05) is 13.2 Å². The van der Waals surface area contributed by atoms with Crippen molar-refractivity contribution in [2.24, 2.45) is 0 Å². The molecule has 0 aliphatic carbocycles. The smallest absolute Gasteiger partial charge is 0.161 e. The van der Waals surface area contributed by atoms with Gasteiger partial charge < -0.3 is 9.47 Å². The standard InChI is InChI=1S/C11H13O2/c1-2-9-4-5-10-11(8-9)13-7-3-6-12-10/h4-5,8H,1-3,6-7H2. The van der Waals surface area contributed by atoms with Crippen molar-refractivity contribution >= 4 is 0 Å². The molecule has 1 aliphatic rings. The third-order valence-electron chi connectivity index (χ3n) is 2.10. The third kappa shape index (κ3) is 1.77. The minimum absolute atomic E-state index is 0.744. The highest BCUT2D eigenvalue weighted by atomic mass is 16.5. The first-order valence-electron chi connectivity index (χ1n) is 4.58. The van der Waals surface area contributed by atoms with Gasteiger partial charge in [-0.05, 0) is 31.0 Å². The fourth-order valence-electron chi connectivity index (χ4n) is 1.36. The SMILES string of the molecule is [CH2]Cc1ccc2c(c1)OCCCO2. The first-order chi connectivity index (χ1) is 6.40. The zero-order chi connectivity index (χ0) is 9.10. The number of rotatable bonds is 1. The molecule has 2 rings (SSSR count). The van der Waals surface area contributed by atoms with Gasteiger partial charge in [-0.3, -0.25) is 0 Å². The Labute approximate surface area is 78.5 Å². The van der Waals surface area contributed by atoms with Gasteiger partial charge in [-0.1, -0.05) is 6.07 Å². The van der Waals surface area contributed by atoms with E-state index < -0.39 is 0 Å². The van der Waals surface area contributed by atoms with Gasteiger partial charge in [-0.15, -0.1) is 0 Å². The maximum absolute atomic E-state index is 5.54. The molecule has 1 heterocycles. The second kappa shape index (κ2) is 3.69. The average Bonchev–Trinajstić information content (AvgIpc) is 2.41. The summed E-state index contributed by atoms with van der Waals surface area (Å²) in [6.45, 7) is 5.32. The molecule has 2 heteroatoms. The summed E-state index contributed by atoms with van der Waals surface area (Å²) in [7, 11) is 0. The first kappa shape index (κ1) is 8.42. The van der Waals surface area contributed by atoms with Gasteiger partial charge in [0.15, 0.2) is 11.5 Å². The van der Waals surface area contributed by atoms with Crippen LogP contribution in [0.15, 0.2) is 18.2 Å². The fraction of sp³-hybridized carbons (Fsp3) is 0.364. The van der Waals surface area contributed by atoms with Gasteiger partial charge in [0, 0.05) is 6.42 Å². The predicted octanol–water partition coefficient (Wildman–Crippen LogP) is 2.22. The van der Waals surface area contributed by atoms with E-state index in [2.05, 4.69) is 6.92 Å². The maximum Gasteiger partial charge on any atom is 0.161 e. The lowest BCUT2D eigenvalue weighted by Crippen LogP contribution is -1.97. The molecule has 0 spiro atoms. The summed E-state index contributed by atoms with van der Waals surface area (Å²) in [5.74, 6) is 1.72. The molecule has 13 heavy (non-hydrogen) atoms. The van der Waals surface area contributed by atoms with Crippen LogP contribution in [0.3, 0.4) is 0 Å². The fourth-order valence-corrected chi connectivity index (χ4v) is 1.36. The topological polar surface area (TPSA) is 18.5 Å². The Morgan fingerprint density at radius 3 is 2.69 bits per heavy atom. The van der Waals surface area contributed by atoms with Crippen LogP contribution in [-0.2, 0) is 6.42 Å². The van der Waals surface area contributed by atoms with E-state index in [4.69, 9.17) is 9.47 Å². The summed E-state index contributed by atoms with van der Waals surface area (Å²) in [5, 5.41) is 0. The highest BCUT2D eigenvalue weighted by Crippen LogP contribution is 2.30. The van der Waals surface area contributed by atoms with E-state index in [1.165, 1.54) is 5.56 Å². The van der Waals surface area contributed by atoms with Crippen molar-refractivity contribution in [1.29, 1.82) is 0 Å². The number of hydrogen-bond acceptors (Lipinski definition) is 2. The normalized spacial score (nSPS) is 15.2. The Morgan fingerprint density at radius 2 is 1.92 bits per heavy atom. The quantitative estimate of drug-likeness (QED) is 0.654. The second-order valence-corrected chi connectivity index (χ2v) is 3.08. The van der Waals surface area contributed by atoms with E-state index in [9.17, 15) is 0 Å². The second-order valence-electron chi connectivity index (χ2n) is 3.08. The Morgan fingerprint density at radius 1 is 1.15 bits per heavy atom. The highest BCUT2D eigenvalue weighted by Gasteiger charge is 2.09. The molecule has 69 valence electrons. The molecule has 0 saturated carbocycles. The van der Waals surface area contributed by atoms with Crippen molar-refractivity contribution in [3.63, 3.8) is 0 Å². The van der Waals surface area contributed by atoms with E-state index >= 15 is 0 Å². The van der Waals surface area contributed by atoms with Crippen LogP contribution in [0.4, 0.5) is 0 Å². The summed E-state index contributed by atoms with van der Waals surface area (Å²) >= 11 is 0. The van der Waals surface area contributed by atoms with Gasteiger partial charge in [0.05, 0.1) is 13.2 Å². The molecule has 0 aromatic heterocycles. The monoisotopic (exact) mass is 177 g/mol. The van der Waals surface area contributed by atoms with Crippen molar-refractivity contribution in [1.82, 2.24) is 0 Å². The molecule has 0 bridgehead atoms. The maximum atomic E-state index is 5.54. The Kier molecular flexibility index (Phi) is 2.39. The van der Waals surface area contributed by atoms with E-state index in [1.54, 1.807) is 0 Å². The van der Waals surface area contributed by atoms with E-state index in [1.807, 2.05) is 18.2 Å². The third-order valence-corrected chi connectivity index (χ3v) is 2.10. The van der Waals surface area contributed by atoms with Crippen molar-refractivity contribution in [2.45, 2.75) is 12.8 Å².